The molecular weight excluding hydrogens is 511 g/mol. The van der Waals surface area contributed by atoms with Gasteiger partial charge in [-0.25, -0.2) is 4.79 Å². The molecule has 5 fully saturated rings. The molecule has 3 saturated carbocycles. The third kappa shape index (κ3) is 5.17. The highest BCUT2D eigenvalue weighted by molar-refractivity contribution is 6.45. The quantitative estimate of drug-likeness (QED) is 0.370. The van der Waals surface area contributed by atoms with Gasteiger partial charge in [-0.2, -0.15) is 0 Å². The van der Waals surface area contributed by atoms with Gasteiger partial charge in [-0.15, -0.1) is 0 Å². The number of rotatable bonds is 8. The summed E-state index contributed by atoms with van der Waals surface area (Å²) in [5, 5.41) is 9.16. The van der Waals surface area contributed by atoms with Crippen molar-refractivity contribution in [2.24, 2.45) is 23.0 Å². The van der Waals surface area contributed by atoms with Crippen molar-refractivity contribution in [1.82, 2.24) is 4.90 Å². The number of likely N-dealkylation sites (tertiary alicyclic amines) is 1. The summed E-state index contributed by atoms with van der Waals surface area (Å²) < 4.78 is 25.0. The summed E-state index contributed by atoms with van der Waals surface area (Å²) in [6, 6.07) is 2.88. The zero-order valence-corrected chi connectivity index (χ0v) is 25.0. The molecule has 0 radical (unpaired) electrons. The number of nitrogens with two attached hydrogens (primary N) is 1. The van der Waals surface area contributed by atoms with Gasteiger partial charge in [0.1, 0.15) is 29.1 Å². The van der Waals surface area contributed by atoms with Gasteiger partial charge < -0.3 is 34.5 Å². The van der Waals surface area contributed by atoms with Crippen LogP contribution in [0.3, 0.4) is 0 Å². The SMILES string of the molecule is Cc1c(CCB2O[C@@H]3C[C@@H]4C[C@@H](C4(C)C)[C@]3(C)O2)ccc(OC2CN(C(=O)[C@H](N)CO)C2)c1C(=O)OC(C)(C)C. The van der Waals surface area contributed by atoms with E-state index in [1.807, 2.05) is 39.8 Å². The summed E-state index contributed by atoms with van der Waals surface area (Å²) in [5.74, 6) is 0.907. The van der Waals surface area contributed by atoms with E-state index in [1.54, 1.807) is 4.90 Å². The van der Waals surface area contributed by atoms with Crippen molar-refractivity contribution in [2.75, 3.05) is 19.7 Å². The number of aryl methyl sites for hydroxylation is 1. The lowest BCUT2D eigenvalue weighted by atomic mass is 9.43. The lowest BCUT2D eigenvalue weighted by Gasteiger charge is -2.64. The molecule has 2 saturated heterocycles. The van der Waals surface area contributed by atoms with Crippen molar-refractivity contribution < 1.29 is 33.5 Å². The second kappa shape index (κ2) is 10.3. The summed E-state index contributed by atoms with van der Waals surface area (Å²) in [5.41, 5.74) is 7.29. The first-order chi connectivity index (χ1) is 18.6. The van der Waals surface area contributed by atoms with Crippen LogP contribution in [0.1, 0.15) is 75.9 Å². The lowest BCUT2D eigenvalue weighted by molar-refractivity contribution is -0.199. The fourth-order valence-corrected chi connectivity index (χ4v) is 7.22. The molecule has 0 spiro atoms. The largest absolute Gasteiger partial charge is 0.486 e. The maximum absolute atomic E-state index is 13.4. The Hall–Kier alpha value is -2.14. The summed E-state index contributed by atoms with van der Waals surface area (Å²) in [6.07, 6.45) is 3.53. The van der Waals surface area contributed by atoms with Crippen molar-refractivity contribution in [2.45, 2.75) is 104 Å². The Bertz CT molecular complexity index is 1160. The summed E-state index contributed by atoms with van der Waals surface area (Å²) in [4.78, 5) is 27.1. The second-order valence-corrected chi connectivity index (χ2v) is 13.9. The molecule has 0 aromatic heterocycles. The van der Waals surface area contributed by atoms with Gasteiger partial charge in [0.05, 0.1) is 31.4 Å². The highest BCUT2D eigenvalue weighted by atomic mass is 16.7. The van der Waals surface area contributed by atoms with Crippen molar-refractivity contribution in [1.29, 1.82) is 0 Å². The minimum Gasteiger partial charge on any atom is -0.486 e. The molecule has 5 atom stereocenters. The number of nitrogens with zero attached hydrogens (tertiary/aromatic N) is 1. The number of hydrogen-bond donors (Lipinski definition) is 2. The minimum absolute atomic E-state index is 0.143. The second-order valence-electron chi connectivity index (χ2n) is 13.9. The number of carbonyl (C=O) groups is 2. The van der Waals surface area contributed by atoms with E-state index in [-0.39, 0.29) is 30.8 Å². The molecule has 40 heavy (non-hydrogen) atoms. The average molecular weight is 557 g/mol. The van der Waals surface area contributed by atoms with Gasteiger partial charge in [0.25, 0.3) is 0 Å². The lowest BCUT2D eigenvalue weighted by Crippen LogP contribution is -2.65. The van der Waals surface area contributed by atoms with Gasteiger partial charge >= 0.3 is 13.1 Å². The van der Waals surface area contributed by atoms with Crippen molar-refractivity contribution in [3.8, 4) is 5.75 Å². The number of aliphatic hydroxyl groups excluding tert-OH is 1. The Balaban J connectivity index is 1.28. The third-order valence-electron chi connectivity index (χ3n) is 9.76. The Morgan fingerprint density at radius 1 is 1.23 bits per heavy atom. The normalized spacial score (nSPS) is 29.8. The Kier molecular flexibility index (Phi) is 7.56. The van der Waals surface area contributed by atoms with Gasteiger partial charge in [-0.1, -0.05) is 19.9 Å². The first-order valence-corrected chi connectivity index (χ1v) is 14.6. The minimum atomic E-state index is -0.934. The van der Waals surface area contributed by atoms with Crippen molar-refractivity contribution in [3.63, 3.8) is 0 Å². The van der Waals surface area contributed by atoms with Crippen LogP contribution in [0.4, 0.5) is 0 Å². The van der Waals surface area contributed by atoms with Gasteiger partial charge in [0.2, 0.25) is 5.91 Å². The molecule has 10 heteroatoms. The first-order valence-electron chi connectivity index (χ1n) is 14.6. The molecule has 6 rings (SSSR count). The van der Waals surface area contributed by atoms with E-state index < -0.39 is 24.2 Å². The molecule has 2 heterocycles. The third-order valence-corrected chi connectivity index (χ3v) is 9.76. The first kappa shape index (κ1) is 29.4. The predicted octanol–water partition coefficient (Wildman–Crippen LogP) is 3.13. The average Bonchev–Trinajstić information content (AvgIpc) is 3.19. The number of carbonyl (C=O) groups excluding carboxylic acids is 2. The maximum atomic E-state index is 13.4. The van der Waals surface area contributed by atoms with Crippen molar-refractivity contribution >= 4 is 19.0 Å². The van der Waals surface area contributed by atoms with Crippen LogP contribution < -0.4 is 10.5 Å². The van der Waals surface area contributed by atoms with E-state index in [4.69, 9.17) is 29.6 Å². The summed E-state index contributed by atoms with van der Waals surface area (Å²) in [6.45, 7) is 14.7. The van der Waals surface area contributed by atoms with Crippen LogP contribution >= 0.6 is 0 Å². The molecule has 3 N–H and O–H groups in total. The van der Waals surface area contributed by atoms with E-state index in [0.717, 1.165) is 17.5 Å². The molecule has 1 aromatic carbocycles. The van der Waals surface area contributed by atoms with E-state index in [2.05, 4.69) is 20.8 Å². The van der Waals surface area contributed by atoms with Crippen LogP contribution in [0, 0.1) is 24.2 Å². The highest BCUT2D eigenvalue weighted by Gasteiger charge is 2.67. The standard InChI is InChI=1S/C30H45BN2O7/c1-17-18(10-11-31-39-24-13-19-12-23(29(19,5)6)30(24,7)40-31)8-9-22(25(17)27(36)38-28(2,3)4)37-20-14-33(15-20)26(35)21(32)16-34/h8-9,19-21,23-24,34H,10-16,32H2,1-7H3/t19-,21+,23-,24+,30-/m0/s1. The van der Waals surface area contributed by atoms with Gasteiger partial charge in [0, 0.05) is 0 Å². The van der Waals surface area contributed by atoms with Crippen LogP contribution in [-0.4, -0.2) is 78.1 Å². The van der Waals surface area contributed by atoms with Crippen LogP contribution in [0.25, 0.3) is 0 Å². The Morgan fingerprint density at radius 3 is 2.55 bits per heavy atom. The highest BCUT2D eigenvalue weighted by Crippen LogP contribution is 2.65. The predicted molar refractivity (Wildman–Crippen MR) is 151 cm³/mol. The van der Waals surface area contributed by atoms with E-state index in [1.165, 1.54) is 6.42 Å². The molecule has 1 amide bonds. The Labute approximate surface area is 238 Å². The summed E-state index contributed by atoms with van der Waals surface area (Å²) >= 11 is 0. The molecule has 9 nitrogen and oxygen atoms in total. The zero-order valence-electron chi connectivity index (χ0n) is 25.0. The van der Waals surface area contributed by atoms with Gasteiger partial charge in [0.15, 0.2) is 0 Å². The smallest absolute Gasteiger partial charge is 0.457 e. The summed E-state index contributed by atoms with van der Waals surface area (Å²) in [7, 11) is -0.269. The monoisotopic (exact) mass is 556 g/mol. The molecular formula is C30H45BN2O7. The molecule has 5 aliphatic rings. The van der Waals surface area contributed by atoms with Gasteiger partial charge in [-0.05, 0) is 94.6 Å². The fourth-order valence-electron chi connectivity index (χ4n) is 7.22. The topological polar surface area (TPSA) is 121 Å². The molecule has 2 bridgehead atoms. The van der Waals surface area contributed by atoms with Crippen LogP contribution in [0.5, 0.6) is 5.75 Å². The number of esters is 1. The molecule has 0 unspecified atom stereocenters. The maximum Gasteiger partial charge on any atom is 0.457 e. The number of amides is 1. The fraction of sp³-hybridized carbons (Fsp3) is 0.733. The number of hydrogen-bond acceptors (Lipinski definition) is 8. The zero-order chi connectivity index (χ0) is 29.2. The van der Waals surface area contributed by atoms with E-state index in [0.29, 0.717) is 54.4 Å². The molecule has 3 aliphatic carbocycles. The molecule has 2 aliphatic heterocycles. The van der Waals surface area contributed by atoms with Crippen LogP contribution in [0.2, 0.25) is 6.32 Å². The van der Waals surface area contributed by atoms with Crippen molar-refractivity contribution in [3.05, 3.63) is 28.8 Å². The molecule has 220 valence electrons. The van der Waals surface area contributed by atoms with Crippen LogP contribution in [0.15, 0.2) is 12.1 Å². The Morgan fingerprint density at radius 2 is 1.93 bits per heavy atom. The number of ether oxygens (including phenoxy) is 2. The van der Waals surface area contributed by atoms with E-state index >= 15 is 0 Å². The number of aliphatic hydroxyl groups is 1. The van der Waals surface area contributed by atoms with Crippen LogP contribution in [-0.2, 0) is 25.3 Å². The van der Waals surface area contributed by atoms with E-state index in [9.17, 15) is 9.59 Å². The molecule has 1 aromatic rings. The van der Waals surface area contributed by atoms with Gasteiger partial charge in [-0.3, -0.25) is 4.79 Å². The number of benzene rings is 1.